The summed E-state index contributed by atoms with van der Waals surface area (Å²) in [6.07, 6.45) is 2.26. The number of carbonyl (C=O) groups is 1. The highest BCUT2D eigenvalue weighted by Gasteiger charge is 2.25. The molecule has 2 aromatic rings. The molecule has 0 aromatic heterocycles. The number of hydrogen-bond acceptors (Lipinski definition) is 4. The minimum absolute atomic E-state index is 0.00898. The Morgan fingerprint density at radius 3 is 2.44 bits per heavy atom. The minimum atomic E-state index is -0.560. The number of halogens is 1. The lowest BCUT2D eigenvalue weighted by molar-refractivity contribution is 0.0646. The van der Waals surface area contributed by atoms with E-state index >= 15 is 0 Å². The number of likely N-dealkylation sites (tertiary alicyclic amines) is 1. The second-order valence-corrected chi connectivity index (χ2v) is 6.84. The van der Waals surface area contributed by atoms with Gasteiger partial charge in [-0.3, -0.25) is 4.79 Å². The maximum atomic E-state index is 14.2. The van der Waals surface area contributed by atoms with Crippen LogP contribution in [-0.4, -0.2) is 42.2 Å². The second-order valence-electron chi connectivity index (χ2n) is 6.84. The molecule has 0 bridgehead atoms. The van der Waals surface area contributed by atoms with Gasteiger partial charge in [-0.1, -0.05) is 12.1 Å². The van der Waals surface area contributed by atoms with Crippen molar-refractivity contribution < 1.29 is 19.0 Å². The number of aliphatic hydroxyl groups excluding tert-OH is 1. The first-order valence-electron chi connectivity index (χ1n) is 9.27. The van der Waals surface area contributed by atoms with E-state index in [4.69, 9.17) is 10.5 Å². The fourth-order valence-corrected chi connectivity index (χ4v) is 3.25. The number of aliphatic hydroxyl groups is 1. The summed E-state index contributed by atoms with van der Waals surface area (Å²) in [5, 5.41) is 9.21. The summed E-state index contributed by atoms with van der Waals surface area (Å²) in [6, 6.07) is 11.7. The van der Waals surface area contributed by atoms with Crippen LogP contribution in [0.1, 0.15) is 28.8 Å². The molecule has 5 nitrogen and oxygen atoms in total. The van der Waals surface area contributed by atoms with E-state index in [1.165, 1.54) is 18.2 Å². The van der Waals surface area contributed by atoms with Crippen molar-refractivity contribution in [3.8, 4) is 11.5 Å². The zero-order chi connectivity index (χ0) is 19.2. The Balaban J connectivity index is 1.71. The van der Waals surface area contributed by atoms with Gasteiger partial charge in [0.1, 0.15) is 17.3 Å². The highest BCUT2D eigenvalue weighted by atomic mass is 19.1. The summed E-state index contributed by atoms with van der Waals surface area (Å²) in [4.78, 5) is 14.3. The average Bonchev–Trinajstić information content (AvgIpc) is 2.70. The van der Waals surface area contributed by atoms with Gasteiger partial charge in [0.25, 0.3) is 5.91 Å². The number of amides is 1. The number of nitrogens with zero attached hydrogens (tertiary/aromatic N) is 1. The van der Waals surface area contributed by atoms with Crippen molar-refractivity contribution in [2.45, 2.75) is 19.3 Å². The summed E-state index contributed by atoms with van der Waals surface area (Å²) in [6.45, 7) is 1.76. The monoisotopic (exact) mass is 372 g/mol. The van der Waals surface area contributed by atoms with Gasteiger partial charge in [0.15, 0.2) is 0 Å². The number of piperidine rings is 1. The minimum Gasteiger partial charge on any atom is -0.457 e. The van der Waals surface area contributed by atoms with Crippen LogP contribution in [0.4, 0.5) is 4.39 Å². The number of rotatable bonds is 6. The Morgan fingerprint density at radius 1 is 1.15 bits per heavy atom. The van der Waals surface area contributed by atoms with Gasteiger partial charge in [0.2, 0.25) is 0 Å². The maximum Gasteiger partial charge on any atom is 0.256 e. The third-order valence-electron chi connectivity index (χ3n) is 4.92. The van der Waals surface area contributed by atoms with Crippen LogP contribution in [0.25, 0.3) is 0 Å². The molecule has 0 saturated carbocycles. The van der Waals surface area contributed by atoms with Gasteiger partial charge in [-0.15, -0.1) is 0 Å². The molecule has 1 amide bonds. The Kier molecular flexibility index (Phi) is 6.42. The number of carbonyl (C=O) groups excluding carboxylic acids is 1. The van der Waals surface area contributed by atoms with Crippen molar-refractivity contribution in [1.29, 1.82) is 0 Å². The molecule has 1 heterocycles. The molecular formula is C21H25FN2O3. The fraction of sp³-hybridized carbons (Fsp3) is 0.381. The Bertz CT molecular complexity index is 771. The molecule has 1 fully saturated rings. The molecule has 6 heteroatoms. The lowest BCUT2D eigenvalue weighted by atomic mass is 9.97. The Hall–Kier alpha value is -2.44. The van der Waals surface area contributed by atoms with Crippen LogP contribution in [0, 0.1) is 11.7 Å². The normalized spacial score (nSPS) is 15.0. The summed E-state index contributed by atoms with van der Waals surface area (Å²) < 4.78 is 20.0. The maximum absolute atomic E-state index is 14.2. The molecule has 144 valence electrons. The van der Waals surface area contributed by atoms with Crippen LogP contribution in [0.5, 0.6) is 11.5 Å². The fourth-order valence-electron chi connectivity index (χ4n) is 3.25. The highest BCUT2D eigenvalue weighted by Crippen LogP contribution is 2.26. The number of nitrogens with two attached hydrogens (primary N) is 1. The molecule has 0 atom stereocenters. The quantitative estimate of drug-likeness (QED) is 0.817. The summed E-state index contributed by atoms with van der Waals surface area (Å²) in [5.41, 5.74) is 6.67. The average molecular weight is 372 g/mol. The van der Waals surface area contributed by atoms with Gasteiger partial charge < -0.3 is 20.5 Å². The van der Waals surface area contributed by atoms with Crippen molar-refractivity contribution in [3.05, 3.63) is 59.4 Å². The molecule has 0 spiro atoms. The van der Waals surface area contributed by atoms with E-state index in [0.717, 1.165) is 24.8 Å². The number of benzene rings is 2. The summed E-state index contributed by atoms with van der Waals surface area (Å²) in [7, 11) is 0. The smallest absolute Gasteiger partial charge is 0.256 e. The largest absolute Gasteiger partial charge is 0.457 e. The second kappa shape index (κ2) is 8.97. The SMILES string of the molecule is NCCc1ccc(Oc2ccc(F)c(C(=O)N3CCC(CO)CC3)c2)cc1. The third kappa shape index (κ3) is 4.84. The van der Waals surface area contributed by atoms with Gasteiger partial charge in [-0.05, 0) is 67.6 Å². The third-order valence-corrected chi connectivity index (χ3v) is 4.92. The van der Waals surface area contributed by atoms with Gasteiger partial charge in [-0.2, -0.15) is 0 Å². The lowest BCUT2D eigenvalue weighted by Crippen LogP contribution is -2.39. The van der Waals surface area contributed by atoms with Crippen molar-refractivity contribution in [1.82, 2.24) is 4.90 Å². The molecule has 1 aliphatic rings. The molecular weight excluding hydrogens is 347 g/mol. The van der Waals surface area contributed by atoms with Crippen LogP contribution in [0.15, 0.2) is 42.5 Å². The zero-order valence-corrected chi connectivity index (χ0v) is 15.2. The van der Waals surface area contributed by atoms with Crippen LogP contribution >= 0.6 is 0 Å². The molecule has 1 aliphatic heterocycles. The first-order valence-corrected chi connectivity index (χ1v) is 9.27. The molecule has 27 heavy (non-hydrogen) atoms. The zero-order valence-electron chi connectivity index (χ0n) is 15.2. The van der Waals surface area contributed by atoms with Crippen molar-refractivity contribution in [2.75, 3.05) is 26.2 Å². The van der Waals surface area contributed by atoms with E-state index in [1.54, 1.807) is 4.90 Å². The highest BCUT2D eigenvalue weighted by molar-refractivity contribution is 5.95. The topological polar surface area (TPSA) is 75.8 Å². The molecule has 0 radical (unpaired) electrons. The summed E-state index contributed by atoms with van der Waals surface area (Å²) >= 11 is 0. The first kappa shape index (κ1) is 19.3. The van der Waals surface area contributed by atoms with E-state index < -0.39 is 5.82 Å². The Morgan fingerprint density at radius 2 is 1.81 bits per heavy atom. The molecule has 2 aromatic carbocycles. The Labute approximate surface area is 158 Å². The van der Waals surface area contributed by atoms with Crippen molar-refractivity contribution in [3.63, 3.8) is 0 Å². The van der Waals surface area contributed by atoms with Crippen LogP contribution in [0.3, 0.4) is 0 Å². The molecule has 3 rings (SSSR count). The van der Waals surface area contributed by atoms with Gasteiger partial charge in [0.05, 0.1) is 5.56 Å². The van der Waals surface area contributed by atoms with Crippen LogP contribution < -0.4 is 10.5 Å². The van der Waals surface area contributed by atoms with Crippen molar-refractivity contribution >= 4 is 5.91 Å². The van der Waals surface area contributed by atoms with E-state index in [9.17, 15) is 14.3 Å². The van der Waals surface area contributed by atoms with E-state index in [-0.39, 0.29) is 24.0 Å². The van der Waals surface area contributed by atoms with E-state index in [1.807, 2.05) is 24.3 Å². The van der Waals surface area contributed by atoms with Crippen molar-refractivity contribution in [2.24, 2.45) is 11.7 Å². The first-order chi connectivity index (χ1) is 13.1. The van der Waals surface area contributed by atoms with Gasteiger partial charge in [-0.25, -0.2) is 4.39 Å². The molecule has 1 saturated heterocycles. The molecule has 3 N–H and O–H groups in total. The van der Waals surface area contributed by atoms with Crippen LogP contribution in [0.2, 0.25) is 0 Å². The predicted octanol–water partition coefficient (Wildman–Crippen LogP) is 2.96. The molecule has 0 aliphatic carbocycles. The number of hydrogen-bond donors (Lipinski definition) is 2. The summed E-state index contributed by atoms with van der Waals surface area (Å²) in [5.74, 6) is 0.347. The predicted molar refractivity (Wildman–Crippen MR) is 101 cm³/mol. The van der Waals surface area contributed by atoms with Gasteiger partial charge in [0, 0.05) is 19.7 Å². The molecule has 0 unspecified atom stereocenters. The number of ether oxygens (including phenoxy) is 1. The van der Waals surface area contributed by atoms with Crippen LogP contribution in [-0.2, 0) is 6.42 Å². The lowest BCUT2D eigenvalue weighted by Gasteiger charge is -2.31. The van der Waals surface area contributed by atoms with Gasteiger partial charge >= 0.3 is 0 Å². The standard InChI is InChI=1S/C21H25FN2O3/c22-20-6-5-18(27-17-3-1-15(2-4-17)7-10-23)13-19(20)21(26)24-11-8-16(14-25)9-12-24/h1-6,13,16,25H,7-12,14,23H2. The van der Waals surface area contributed by atoms with E-state index in [2.05, 4.69) is 0 Å². The van der Waals surface area contributed by atoms with E-state index in [0.29, 0.717) is 31.1 Å².